The number of rotatable bonds is 3. The van der Waals surface area contributed by atoms with E-state index in [2.05, 4.69) is 4.99 Å². The van der Waals surface area contributed by atoms with Gasteiger partial charge < -0.3 is 5.11 Å². The van der Waals surface area contributed by atoms with E-state index < -0.39 is 6.04 Å². The highest BCUT2D eigenvalue weighted by atomic mass is 16.3. The Labute approximate surface area is 143 Å². The molecule has 1 atom stereocenters. The van der Waals surface area contributed by atoms with Crippen molar-refractivity contribution in [1.29, 1.82) is 15.9 Å². The van der Waals surface area contributed by atoms with Crippen molar-refractivity contribution in [3.05, 3.63) is 28.8 Å². The topological polar surface area (TPSA) is 104 Å². The summed E-state index contributed by atoms with van der Waals surface area (Å²) in [5.74, 6) is 0.272. The first kappa shape index (κ1) is 19.4. The Bertz CT molecular complexity index is 715. The third-order valence-electron chi connectivity index (χ3n) is 3.64. The van der Waals surface area contributed by atoms with Crippen LogP contribution < -0.4 is 0 Å². The molecule has 0 aliphatic carbocycles. The smallest absolute Gasteiger partial charge is 0.187 e. The highest BCUT2D eigenvalue weighted by molar-refractivity contribution is 6.03. The fourth-order valence-electron chi connectivity index (χ4n) is 2.27. The largest absolute Gasteiger partial charge is 0.507 e. The number of nitrogens with one attached hydrogen (secondary N) is 1. The molecule has 1 rings (SSSR count). The molecule has 0 heterocycles. The van der Waals surface area contributed by atoms with Crippen molar-refractivity contribution in [2.45, 2.75) is 58.4 Å². The van der Waals surface area contributed by atoms with Crippen molar-refractivity contribution in [3.8, 4) is 17.9 Å². The van der Waals surface area contributed by atoms with E-state index in [0.717, 1.165) is 16.7 Å². The first-order valence-corrected chi connectivity index (χ1v) is 7.71. The molecule has 0 saturated carbocycles. The number of aliphatic imine (C=N–C) groups is 1. The molecule has 0 aromatic heterocycles. The first-order chi connectivity index (χ1) is 10.9. The number of phenols is 1. The van der Waals surface area contributed by atoms with Crippen LogP contribution in [0.2, 0.25) is 0 Å². The lowest BCUT2D eigenvalue weighted by Gasteiger charge is -2.27. The molecule has 126 valence electrons. The predicted molar refractivity (Wildman–Crippen MR) is 95.8 cm³/mol. The van der Waals surface area contributed by atoms with Gasteiger partial charge in [0, 0.05) is 17.3 Å². The molecule has 0 fully saturated rings. The normalized spacial score (nSPS) is 13.3. The minimum absolute atomic E-state index is 0.262. The Hall–Kier alpha value is -2.66. The average molecular weight is 324 g/mol. The van der Waals surface area contributed by atoms with Gasteiger partial charge in [0.25, 0.3) is 0 Å². The Kier molecular flexibility index (Phi) is 5.53. The van der Waals surface area contributed by atoms with Crippen LogP contribution in [-0.2, 0) is 10.8 Å². The van der Waals surface area contributed by atoms with Crippen molar-refractivity contribution >= 4 is 11.9 Å². The number of nitriles is 2. The van der Waals surface area contributed by atoms with Crippen LogP contribution in [0.5, 0.6) is 5.75 Å². The number of hydrogen-bond donors (Lipinski definition) is 2. The molecular weight excluding hydrogens is 300 g/mol. The summed E-state index contributed by atoms with van der Waals surface area (Å²) in [4.78, 5) is 4.04. The van der Waals surface area contributed by atoms with E-state index in [1.807, 2.05) is 59.7 Å². The average Bonchev–Trinajstić information content (AvgIpc) is 2.46. The molecule has 1 unspecified atom stereocenters. The molecule has 1 aromatic carbocycles. The third-order valence-corrected chi connectivity index (χ3v) is 3.64. The van der Waals surface area contributed by atoms with Crippen molar-refractivity contribution in [1.82, 2.24) is 0 Å². The molecule has 0 radical (unpaired) electrons. The highest BCUT2D eigenvalue weighted by Gasteiger charge is 2.26. The van der Waals surface area contributed by atoms with E-state index in [1.165, 1.54) is 6.21 Å². The van der Waals surface area contributed by atoms with Crippen LogP contribution in [0.1, 0.15) is 58.2 Å². The molecule has 0 spiro atoms. The summed E-state index contributed by atoms with van der Waals surface area (Å²) >= 11 is 0. The van der Waals surface area contributed by atoms with Crippen LogP contribution in [0.4, 0.5) is 0 Å². The maximum absolute atomic E-state index is 10.7. The maximum atomic E-state index is 10.7. The van der Waals surface area contributed by atoms with Gasteiger partial charge in [0.1, 0.15) is 17.5 Å². The van der Waals surface area contributed by atoms with Crippen LogP contribution in [0, 0.1) is 28.1 Å². The van der Waals surface area contributed by atoms with E-state index in [4.69, 9.17) is 15.9 Å². The number of nitrogens with zero attached hydrogens (tertiary/aromatic N) is 3. The highest BCUT2D eigenvalue weighted by Crippen LogP contribution is 2.39. The monoisotopic (exact) mass is 324 g/mol. The zero-order valence-electron chi connectivity index (χ0n) is 15.1. The lowest BCUT2D eigenvalue weighted by atomic mass is 9.78. The van der Waals surface area contributed by atoms with Crippen molar-refractivity contribution < 1.29 is 5.11 Å². The summed E-state index contributed by atoms with van der Waals surface area (Å²) in [6.45, 7) is 12.1. The summed E-state index contributed by atoms with van der Waals surface area (Å²) in [6.07, 6.45) is 1.49. The number of benzene rings is 1. The van der Waals surface area contributed by atoms with Gasteiger partial charge in [-0.2, -0.15) is 10.5 Å². The van der Waals surface area contributed by atoms with E-state index in [9.17, 15) is 5.11 Å². The fraction of sp³-hybridized carbons (Fsp3) is 0.474. The number of phenolic OH excluding ortho intramolecular Hbond substituents is 1. The van der Waals surface area contributed by atoms with Crippen molar-refractivity contribution in [3.63, 3.8) is 0 Å². The zero-order valence-corrected chi connectivity index (χ0v) is 15.1. The van der Waals surface area contributed by atoms with Crippen molar-refractivity contribution in [2.75, 3.05) is 0 Å². The molecule has 0 aliphatic heterocycles. The minimum atomic E-state index is -1.11. The third kappa shape index (κ3) is 4.43. The second-order valence-electron chi connectivity index (χ2n) is 7.80. The zero-order chi connectivity index (χ0) is 18.7. The Morgan fingerprint density at radius 2 is 1.58 bits per heavy atom. The SMILES string of the molecule is CC(C)(C)c1cc(C=NC(C#N)C(=N)C#N)cc(C(C)(C)C)c1O. The minimum Gasteiger partial charge on any atom is -0.507 e. The summed E-state index contributed by atoms with van der Waals surface area (Å²) in [6, 6.07) is 6.02. The molecule has 24 heavy (non-hydrogen) atoms. The summed E-state index contributed by atoms with van der Waals surface area (Å²) in [5.41, 5.74) is 1.40. The van der Waals surface area contributed by atoms with Gasteiger partial charge in [0.2, 0.25) is 0 Å². The molecule has 1 aromatic rings. The van der Waals surface area contributed by atoms with E-state index in [-0.39, 0.29) is 22.3 Å². The Morgan fingerprint density at radius 3 is 1.92 bits per heavy atom. The lowest BCUT2D eigenvalue weighted by molar-refractivity contribution is 0.423. The quantitative estimate of drug-likeness (QED) is 0.825. The van der Waals surface area contributed by atoms with Gasteiger partial charge in [-0.15, -0.1) is 0 Å². The van der Waals surface area contributed by atoms with Gasteiger partial charge in [-0.1, -0.05) is 41.5 Å². The second kappa shape index (κ2) is 6.84. The Morgan fingerprint density at radius 1 is 1.12 bits per heavy atom. The summed E-state index contributed by atoms with van der Waals surface area (Å²) in [7, 11) is 0. The molecule has 0 bridgehead atoms. The predicted octanol–water partition coefficient (Wildman–Crippen LogP) is 3.84. The van der Waals surface area contributed by atoms with E-state index in [1.54, 1.807) is 6.07 Å². The molecule has 5 heteroatoms. The first-order valence-electron chi connectivity index (χ1n) is 7.71. The number of hydrogen-bond acceptors (Lipinski definition) is 5. The van der Waals surface area contributed by atoms with Gasteiger partial charge in [0.05, 0.1) is 6.07 Å². The van der Waals surface area contributed by atoms with Crippen LogP contribution in [-0.4, -0.2) is 23.1 Å². The van der Waals surface area contributed by atoms with Gasteiger partial charge in [-0.25, -0.2) is 0 Å². The summed E-state index contributed by atoms with van der Waals surface area (Å²) in [5, 5.41) is 35.9. The van der Waals surface area contributed by atoms with E-state index in [0.29, 0.717) is 0 Å². The Balaban J connectivity index is 3.49. The van der Waals surface area contributed by atoms with Crippen LogP contribution >= 0.6 is 0 Å². The van der Waals surface area contributed by atoms with Gasteiger partial charge in [0.15, 0.2) is 6.04 Å². The molecule has 5 nitrogen and oxygen atoms in total. The molecular formula is C19H24N4O. The molecule has 0 amide bonds. The second-order valence-corrected chi connectivity index (χ2v) is 7.80. The van der Waals surface area contributed by atoms with Crippen LogP contribution in [0.3, 0.4) is 0 Å². The van der Waals surface area contributed by atoms with Crippen molar-refractivity contribution in [2.24, 2.45) is 4.99 Å². The van der Waals surface area contributed by atoms with Gasteiger partial charge in [-0.05, 0) is 28.5 Å². The van der Waals surface area contributed by atoms with E-state index >= 15 is 0 Å². The van der Waals surface area contributed by atoms with Crippen LogP contribution in [0.15, 0.2) is 17.1 Å². The standard InChI is InChI=1S/C19H24N4O/c1-18(2,3)13-7-12(8-14(17(13)24)19(4,5)6)11-23-16(10-21)15(22)9-20/h7-8,11,16,22,24H,1-6H3. The fourth-order valence-corrected chi connectivity index (χ4v) is 2.27. The van der Waals surface area contributed by atoms with Crippen LogP contribution in [0.25, 0.3) is 0 Å². The molecule has 0 aliphatic rings. The molecule has 0 saturated heterocycles. The van der Waals surface area contributed by atoms with Gasteiger partial charge in [-0.3, -0.25) is 10.4 Å². The number of aromatic hydroxyl groups is 1. The molecule has 2 N–H and O–H groups in total. The maximum Gasteiger partial charge on any atom is 0.187 e. The lowest BCUT2D eigenvalue weighted by Crippen LogP contribution is -2.18. The summed E-state index contributed by atoms with van der Waals surface area (Å²) < 4.78 is 0. The van der Waals surface area contributed by atoms with Gasteiger partial charge >= 0.3 is 0 Å².